The van der Waals surface area contributed by atoms with Gasteiger partial charge in [-0.1, -0.05) is 6.07 Å². The second kappa shape index (κ2) is 7.17. The topological polar surface area (TPSA) is 58.9 Å². The first-order valence-corrected chi connectivity index (χ1v) is 8.84. The lowest BCUT2D eigenvalue weighted by molar-refractivity contribution is 0.0950. The number of hydrogen-bond donors (Lipinski definition) is 1. The maximum absolute atomic E-state index is 12.5. The molecule has 0 spiro atoms. The van der Waals surface area contributed by atoms with E-state index >= 15 is 0 Å². The van der Waals surface area contributed by atoms with Gasteiger partial charge in [-0.05, 0) is 42.8 Å². The molecular formula is C20H22N4O2. The van der Waals surface area contributed by atoms with Crippen LogP contribution in [0.25, 0.3) is 5.52 Å². The molecule has 1 amide bonds. The fourth-order valence-corrected chi connectivity index (χ4v) is 3.19. The Labute approximate surface area is 152 Å². The smallest absolute Gasteiger partial charge is 0.253 e. The van der Waals surface area contributed by atoms with Crippen LogP contribution in [0.1, 0.15) is 21.6 Å². The summed E-state index contributed by atoms with van der Waals surface area (Å²) in [5.74, 6) is 0.834. The zero-order chi connectivity index (χ0) is 17.9. The molecular weight excluding hydrogens is 328 g/mol. The van der Waals surface area contributed by atoms with Crippen molar-refractivity contribution < 1.29 is 9.53 Å². The molecule has 0 aromatic carbocycles. The molecule has 1 aliphatic heterocycles. The fraction of sp³-hybridized carbons (Fsp3) is 0.300. The molecule has 0 aliphatic carbocycles. The first-order valence-electron chi connectivity index (χ1n) is 8.84. The van der Waals surface area contributed by atoms with E-state index in [0.717, 1.165) is 43.3 Å². The van der Waals surface area contributed by atoms with Gasteiger partial charge in [-0.2, -0.15) is 0 Å². The summed E-state index contributed by atoms with van der Waals surface area (Å²) in [4.78, 5) is 19.3. The van der Waals surface area contributed by atoms with Crippen LogP contribution in [-0.2, 0) is 11.3 Å². The Hall–Kier alpha value is -2.86. The molecule has 3 aromatic rings. The van der Waals surface area contributed by atoms with Crippen LogP contribution < -0.4 is 10.2 Å². The molecule has 3 aromatic heterocycles. The second-order valence-electron chi connectivity index (χ2n) is 6.54. The molecule has 6 heteroatoms. The Morgan fingerprint density at radius 1 is 1.19 bits per heavy atom. The number of carbonyl (C=O) groups excluding carboxylic acids is 1. The maximum atomic E-state index is 12.5. The van der Waals surface area contributed by atoms with Crippen LogP contribution >= 0.6 is 0 Å². The van der Waals surface area contributed by atoms with Crippen LogP contribution in [0.5, 0.6) is 0 Å². The zero-order valence-electron chi connectivity index (χ0n) is 14.8. The third-order valence-electron chi connectivity index (χ3n) is 4.55. The van der Waals surface area contributed by atoms with Crippen molar-refractivity contribution in [1.82, 2.24) is 14.7 Å². The van der Waals surface area contributed by atoms with Gasteiger partial charge in [0, 0.05) is 31.0 Å². The van der Waals surface area contributed by atoms with Crippen molar-refractivity contribution in [3.05, 3.63) is 65.6 Å². The number of fused-ring (bicyclic) bond motifs is 1. The van der Waals surface area contributed by atoms with Gasteiger partial charge in [-0.15, -0.1) is 0 Å². The van der Waals surface area contributed by atoms with Crippen LogP contribution in [0, 0.1) is 6.92 Å². The molecule has 26 heavy (non-hydrogen) atoms. The van der Waals surface area contributed by atoms with E-state index in [-0.39, 0.29) is 5.91 Å². The van der Waals surface area contributed by atoms with Gasteiger partial charge >= 0.3 is 0 Å². The third-order valence-corrected chi connectivity index (χ3v) is 4.55. The second-order valence-corrected chi connectivity index (χ2v) is 6.54. The highest BCUT2D eigenvalue weighted by atomic mass is 16.5. The van der Waals surface area contributed by atoms with E-state index in [4.69, 9.17) is 4.74 Å². The number of carbonyl (C=O) groups is 1. The predicted octanol–water partition coefficient (Wildman–Crippen LogP) is 2.41. The Bertz CT molecular complexity index is 928. The van der Waals surface area contributed by atoms with Gasteiger partial charge in [-0.25, -0.2) is 4.98 Å². The van der Waals surface area contributed by atoms with E-state index in [2.05, 4.69) is 21.3 Å². The van der Waals surface area contributed by atoms with Crippen LogP contribution in [0.3, 0.4) is 0 Å². The molecule has 4 heterocycles. The summed E-state index contributed by atoms with van der Waals surface area (Å²) in [5.41, 5.74) is 3.74. The van der Waals surface area contributed by atoms with Gasteiger partial charge in [-0.3, -0.25) is 4.79 Å². The quantitative estimate of drug-likeness (QED) is 0.785. The zero-order valence-corrected chi connectivity index (χ0v) is 14.8. The van der Waals surface area contributed by atoms with Crippen LogP contribution in [-0.4, -0.2) is 41.6 Å². The number of anilines is 1. The molecule has 0 unspecified atom stereocenters. The average Bonchev–Trinajstić information content (AvgIpc) is 3.06. The van der Waals surface area contributed by atoms with Crippen LogP contribution in [0.15, 0.2) is 48.8 Å². The van der Waals surface area contributed by atoms with Crippen molar-refractivity contribution in [2.75, 3.05) is 31.2 Å². The number of nitrogens with one attached hydrogen (secondary N) is 1. The molecule has 0 bridgehead atoms. The summed E-state index contributed by atoms with van der Waals surface area (Å²) in [6.45, 7) is 5.59. The summed E-state index contributed by atoms with van der Waals surface area (Å²) in [6.07, 6.45) is 3.87. The molecule has 0 radical (unpaired) electrons. The summed E-state index contributed by atoms with van der Waals surface area (Å²) >= 11 is 0. The third kappa shape index (κ3) is 3.55. The van der Waals surface area contributed by atoms with E-state index < -0.39 is 0 Å². The Morgan fingerprint density at radius 3 is 2.88 bits per heavy atom. The lowest BCUT2D eigenvalue weighted by atomic mass is 10.2. The highest BCUT2D eigenvalue weighted by Crippen LogP contribution is 2.14. The highest BCUT2D eigenvalue weighted by molar-refractivity contribution is 5.94. The molecule has 134 valence electrons. The SMILES string of the molecule is Cc1cc2ccc(C(=O)NCc3cccc(N4CCOCC4)n3)cn2c1. The van der Waals surface area contributed by atoms with Gasteiger partial charge in [0.05, 0.1) is 31.0 Å². The number of rotatable bonds is 4. The minimum absolute atomic E-state index is 0.100. The van der Waals surface area contributed by atoms with E-state index in [0.29, 0.717) is 12.1 Å². The number of aryl methyl sites for hydroxylation is 1. The van der Waals surface area contributed by atoms with Gasteiger partial charge in [0.15, 0.2) is 0 Å². The largest absolute Gasteiger partial charge is 0.378 e. The van der Waals surface area contributed by atoms with Crippen molar-refractivity contribution in [2.45, 2.75) is 13.5 Å². The summed E-state index contributed by atoms with van der Waals surface area (Å²) < 4.78 is 7.36. The van der Waals surface area contributed by atoms with Crippen molar-refractivity contribution >= 4 is 17.2 Å². The van der Waals surface area contributed by atoms with Gasteiger partial charge in [0.2, 0.25) is 0 Å². The normalized spacial score (nSPS) is 14.6. The van der Waals surface area contributed by atoms with Crippen LogP contribution in [0.2, 0.25) is 0 Å². The van der Waals surface area contributed by atoms with Gasteiger partial charge in [0.1, 0.15) is 5.82 Å². The first-order chi connectivity index (χ1) is 12.7. The van der Waals surface area contributed by atoms with E-state index in [1.165, 1.54) is 5.56 Å². The monoisotopic (exact) mass is 350 g/mol. The lowest BCUT2D eigenvalue weighted by Gasteiger charge is -2.28. The maximum Gasteiger partial charge on any atom is 0.253 e. The molecule has 4 rings (SSSR count). The number of amides is 1. The van der Waals surface area contributed by atoms with Crippen molar-refractivity contribution in [2.24, 2.45) is 0 Å². The number of aromatic nitrogens is 2. The summed E-state index contributed by atoms with van der Waals surface area (Å²) in [7, 11) is 0. The minimum atomic E-state index is -0.100. The van der Waals surface area contributed by atoms with Crippen molar-refractivity contribution in [1.29, 1.82) is 0 Å². The van der Waals surface area contributed by atoms with E-state index in [9.17, 15) is 4.79 Å². The van der Waals surface area contributed by atoms with Gasteiger partial charge in [0.25, 0.3) is 5.91 Å². The molecule has 1 aliphatic rings. The Morgan fingerprint density at radius 2 is 2.04 bits per heavy atom. The number of hydrogen-bond acceptors (Lipinski definition) is 4. The number of morpholine rings is 1. The molecule has 6 nitrogen and oxygen atoms in total. The standard InChI is InChI=1S/C20H22N4O2/c1-15-11-18-6-5-16(14-24(18)13-15)20(25)21-12-17-3-2-4-19(22-17)23-7-9-26-10-8-23/h2-6,11,13-14H,7-10,12H2,1H3,(H,21,25). The van der Waals surface area contributed by atoms with E-state index in [1.54, 1.807) is 0 Å². The molecule has 0 atom stereocenters. The molecule has 1 saturated heterocycles. The number of nitrogens with zero attached hydrogens (tertiary/aromatic N) is 3. The van der Waals surface area contributed by atoms with Crippen LogP contribution in [0.4, 0.5) is 5.82 Å². The molecule has 1 N–H and O–H groups in total. The molecule has 0 saturated carbocycles. The highest BCUT2D eigenvalue weighted by Gasteiger charge is 2.13. The Kier molecular flexibility index (Phi) is 4.58. The minimum Gasteiger partial charge on any atom is -0.378 e. The predicted molar refractivity (Wildman–Crippen MR) is 101 cm³/mol. The Balaban J connectivity index is 1.43. The summed E-state index contributed by atoms with van der Waals surface area (Å²) in [5, 5.41) is 2.96. The lowest BCUT2D eigenvalue weighted by Crippen LogP contribution is -2.37. The van der Waals surface area contributed by atoms with Gasteiger partial charge < -0.3 is 19.4 Å². The average molecular weight is 350 g/mol. The fourth-order valence-electron chi connectivity index (χ4n) is 3.19. The van der Waals surface area contributed by atoms with Crippen molar-refractivity contribution in [3.8, 4) is 0 Å². The van der Waals surface area contributed by atoms with Crippen molar-refractivity contribution in [3.63, 3.8) is 0 Å². The molecule has 1 fully saturated rings. The summed E-state index contributed by atoms with van der Waals surface area (Å²) in [6, 6.07) is 11.8. The first kappa shape index (κ1) is 16.6. The number of pyridine rings is 2. The number of ether oxygens (including phenoxy) is 1. The van der Waals surface area contributed by atoms with E-state index in [1.807, 2.05) is 54.0 Å².